The van der Waals surface area contributed by atoms with E-state index < -0.39 is 7.12 Å². The summed E-state index contributed by atoms with van der Waals surface area (Å²) < 4.78 is 5.62. The molecular formula is C12H8BClO3. The van der Waals surface area contributed by atoms with E-state index in [2.05, 4.69) is 0 Å². The highest BCUT2D eigenvalue weighted by Gasteiger charge is 2.22. The Morgan fingerprint density at radius 1 is 1.00 bits per heavy atom. The van der Waals surface area contributed by atoms with Crippen molar-refractivity contribution in [2.75, 3.05) is 0 Å². The number of rotatable bonds is 1. The minimum atomic E-state index is -1.62. The number of halogens is 1. The smallest absolute Gasteiger partial charge is 0.456 e. The number of para-hydroxylation sites is 1. The fraction of sp³-hybridized carbons (Fsp3) is 0. The molecule has 5 heteroatoms. The van der Waals surface area contributed by atoms with Crippen LogP contribution in [0.4, 0.5) is 0 Å². The van der Waals surface area contributed by atoms with Gasteiger partial charge in [0.2, 0.25) is 0 Å². The van der Waals surface area contributed by atoms with Crippen LogP contribution in [0.15, 0.2) is 40.8 Å². The van der Waals surface area contributed by atoms with Gasteiger partial charge in [-0.3, -0.25) is 0 Å². The van der Waals surface area contributed by atoms with Gasteiger partial charge in [0.05, 0.1) is 0 Å². The first-order valence-corrected chi connectivity index (χ1v) is 5.52. The summed E-state index contributed by atoms with van der Waals surface area (Å²) in [7, 11) is -1.62. The second-order valence-electron chi connectivity index (χ2n) is 3.81. The summed E-state index contributed by atoms with van der Waals surface area (Å²) in [5, 5.41) is 20.6. The Morgan fingerprint density at radius 2 is 1.76 bits per heavy atom. The lowest BCUT2D eigenvalue weighted by molar-refractivity contribution is 0.426. The zero-order valence-corrected chi connectivity index (χ0v) is 9.48. The van der Waals surface area contributed by atoms with Gasteiger partial charge in [0.25, 0.3) is 0 Å². The topological polar surface area (TPSA) is 53.6 Å². The minimum absolute atomic E-state index is 0.286. The van der Waals surface area contributed by atoms with E-state index in [-0.39, 0.29) is 5.46 Å². The molecule has 0 spiro atoms. The van der Waals surface area contributed by atoms with Crippen molar-refractivity contribution in [2.24, 2.45) is 0 Å². The van der Waals surface area contributed by atoms with Crippen molar-refractivity contribution in [3.05, 3.63) is 41.4 Å². The van der Waals surface area contributed by atoms with Crippen molar-refractivity contribution in [3.8, 4) is 0 Å². The Kier molecular flexibility index (Phi) is 2.36. The molecule has 0 unspecified atom stereocenters. The molecule has 0 aliphatic heterocycles. The van der Waals surface area contributed by atoms with E-state index in [0.717, 1.165) is 5.39 Å². The molecule has 0 bridgehead atoms. The number of hydrogen-bond donors (Lipinski definition) is 2. The van der Waals surface area contributed by atoms with Gasteiger partial charge >= 0.3 is 7.12 Å². The van der Waals surface area contributed by atoms with Crippen LogP contribution in [0.2, 0.25) is 5.02 Å². The molecule has 0 saturated carbocycles. The zero-order chi connectivity index (χ0) is 12.0. The van der Waals surface area contributed by atoms with E-state index in [4.69, 9.17) is 16.0 Å². The van der Waals surface area contributed by atoms with Crippen LogP contribution in [0.3, 0.4) is 0 Å². The summed E-state index contributed by atoms with van der Waals surface area (Å²) in [4.78, 5) is 0. The van der Waals surface area contributed by atoms with E-state index >= 15 is 0 Å². The van der Waals surface area contributed by atoms with Crippen LogP contribution in [0.5, 0.6) is 0 Å². The molecule has 0 amide bonds. The number of hydrogen-bond acceptors (Lipinski definition) is 3. The van der Waals surface area contributed by atoms with Gasteiger partial charge < -0.3 is 14.5 Å². The molecule has 0 aliphatic rings. The molecule has 0 radical (unpaired) electrons. The third kappa shape index (κ3) is 1.53. The average Bonchev–Trinajstić information content (AvgIpc) is 2.67. The van der Waals surface area contributed by atoms with E-state index in [9.17, 15) is 10.0 Å². The van der Waals surface area contributed by atoms with Gasteiger partial charge in [-0.05, 0) is 18.2 Å². The Morgan fingerprint density at radius 3 is 2.53 bits per heavy atom. The molecule has 3 aromatic rings. The lowest BCUT2D eigenvalue weighted by Gasteiger charge is -2.04. The molecule has 0 aliphatic carbocycles. The highest BCUT2D eigenvalue weighted by atomic mass is 35.5. The van der Waals surface area contributed by atoms with Crippen molar-refractivity contribution in [3.63, 3.8) is 0 Å². The van der Waals surface area contributed by atoms with Crippen LogP contribution in [0.1, 0.15) is 0 Å². The molecule has 2 N–H and O–H groups in total. The summed E-state index contributed by atoms with van der Waals surface area (Å²) in [5.41, 5.74) is 1.58. The first kappa shape index (κ1) is 10.7. The number of furan rings is 1. The van der Waals surface area contributed by atoms with Crippen LogP contribution in [0, 0.1) is 0 Å². The lowest BCUT2D eigenvalue weighted by atomic mass is 9.77. The van der Waals surface area contributed by atoms with Crippen molar-refractivity contribution < 1.29 is 14.5 Å². The molecule has 0 atom stereocenters. The Balaban J connectivity index is 2.56. The molecule has 2 aromatic carbocycles. The summed E-state index contributed by atoms with van der Waals surface area (Å²) >= 11 is 5.99. The number of fused-ring (bicyclic) bond motifs is 3. The first-order chi connectivity index (χ1) is 8.18. The maximum atomic E-state index is 9.41. The highest BCUT2D eigenvalue weighted by Crippen LogP contribution is 2.29. The summed E-state index contributed by atoms with van der Waals surface area (Å²) in [6.45, 7) is 0. The summed E-state index contributed by atoms with van der Waals surface area (Å²) in [6.07, 6.45) is 0. The van der Waals surface area contributed by atoms with Crippen molar-refractivity contribution in [1.29, 1.82) is 0 Å². The molecule has 1 aromatic heterocycles. The van der Waals surface area contributed by atoms with E-state index in [0.29, 0.717) is 21.6 Å². The van der Waals surface area contributed by atoms with Gasteiger partial charge in [0.1, 0.15) is 11.2 Å². The molecule has 3 nitrogen and oxygen atoms in total. The second kappa shape index (κ2) is 3.77. The van der Waals surface area contributed by atoms with Gasteiger partial charge in [-0.15, -0.1) is 0 Å². The van der Waals surface area contributed by atoms with Gasteiger partial charge in [-0.1, -0.05) is 29.8 Å². The SMILES string of the molecule is OB(O)c1c(Cl)ccc2oc3ccccc3c12. The largest absolute Gasteiger partial charge is 0.490 e. The van der Waals surface area contributed by atoms with E-state index in [1.54, 1.807) is 12.1 Å². The zero-order valence-electron chi connectivity index (χ0n) is 8.72. The fourth-order valence-corrected chi connectivity index (χ4v) is 2.33. The average molecular weight is 246 g/mol. The van der Waals surface area contributed by atoms with Crippen LogP contribution >= 0.6 is 11.6 Å². The third-order valence-corrected chi connectivity index (χ3v) is 3.12. The van der Waals surface area contributed by atoms with Crippen molar-refractivity contribution in [1.82, 2.24) is 0 Å². The third-order valence-electron chi connectivity index (χ3n) is 2.79. The molecule has 0 fully saturated rings. The highest BCUT2D eigenvalue weighted by molar-refractivity contribution is 6.66. The summed E-state index contributed by atoms with van der Waals surface area (Å²) in [6, 6.07) is 10.7. The van der Waals surface area contributed by atoms with E-state index in [1.165, 1.54) is 0 Å². The van der Waals surface area contributed by atoms with E-state index in [1.807, 2.05) is 24.3 Å². The van der Waals surface area contributed by atoms with Crippen molar-refractivity contribution >= 4 is 46.1 Å². The monoisotopic (exact) mass is 246 g/mol. The molecule has 0 saturated heterocycles. The molecule has 3 rings (SSSR count). The Bertz CT molecular complexity index is 705. The van der Waals surface area contributed by atoms with Crippen LogP contribution in [-0.4, -0.2) is 17.2 Å². The molecular weight excluding hydrogens is 238 g/mol. The van der Waals surface area contributed by atoms with Crippen molar-refractivity contribution in [2.45, 2.75) is 0 Å². The van der Waals surface area contributed by atoms with Gasteiger partial charge in [0.15, 0.2) is 0 Å². The standard InChI is InChI=1S/C12H8BClO3/c14-8-5-6-10-11(12(8)13(15)16)7-3-1-2-4-9(7)17-10/h1-6,15-16H. The molecule has 84 valence electrons. The first-order valence-electron chi connectivity index (χ1n) is 5.14. The maximum absolute atomic E-state index is 9.41. The lowest BCUT2D eigenvalue weighted by Crippen LogP contribution is -2.31. The van der Waals surface area contributed by atoms with Crippen LogP contribution in [-0.2, 0) is 0 Å². The summed E-state index contributed by atoms with van der Waals surface area (Å²) in [5.74, 6) is 0. The predicted molar refractivity (Wildman–Crippen MR) is 68.6 cm³/mol. The minimum Gasteiger partial charge on any atom is -0.456 e. The van der Waals surface area contributed by atoms with Gasteiger partial charge in [0, 0.05) is 21.3 Å². The fourth-order valence-electron chi connectivity index (χ4n) is 2.07. The van der Waals surface area contributed by atoms with Crippen LogP contribution < -0.4 is 5.46 Å². The Hall–Kier alpha value is -1.49. The Labute approximate surface area is 102 Å². The second-order valence-corrected chi connectivity index (χ2v) is 4.21. The maximum Gasteiger partial charge on any atom is 0.490 e. The normalized spacial score (nSPS) is 11.2. The van der Waals surface area contributed by atoms with Gasteiger partial charge in [-0.25, -0.2) is 0 Å². The van der Waals surface area contributed by atoms with Crippen LogP contribution in [0.25, 0.3) is 21.9 Å². The quantitative estimate of drug-likeness (QED) is 0.645. The van der Waals surface area contributed by atoms with Gasteiger partial charge in [-0.2, -0.15) is 0 Å². The number of benzene rings is 2. The predicted octanol–water partition coefficient (Wildman–Crippen LogP) is 1.92. The molecule has 1 heterocycles. The molecule has 17 heavy (non-hydrogen) atoms.